The minimum atomic E-state index is -2.07. The summed E-state index contributed by atoms with van der Waals surface area (Å²) in [5.74, 6) is 1.26. The first kappa shape index (κ1) is 27.3. The molecule has 3 aromatic rings. The van der Waals surface area contributed by atoms with Gasteiger partial charge in [0.2, 0.25) is 8.32 Å². The summed E-state index contributed by atoms with van der Waals surface area (Å²) in [6.07, 6.45) is 0. The number of rotatable bonds is 11. The van der Waals surface area contributed by atoms with E-state index in [4.69, 9.17) is 13.9 Å². The van der Waals surface area contributed by atoms with Gasteiger partial charge in [0.1, 0.15) is 18.1 Å². The van der Waals surface area contributed by atoms with Crippen LogP contribution in [0.15, 0.2) is 54.6 Å². The maximum atomic E-state index is 10.1. The molecule has 0 spiro atoms. The third-order valence-electron chi connectivity index (χ3n) is 7.06. The van der Waals surface area contributed by atoms with E-state index in [0.717, 1.165) is 16.5 Å². The van der Waals surface area contributed by atoms with Gasteiger partial charge in [-0.3, -0.25) is 0 Å². The van der Waals surface area contributed by atoms with Crippen molar-refractivity contribution in [2.45, 2.75) is 71.4 Å². The topological polar surface area (TPSA) is 68.2 Å². The van der Waals surface area contributed by atoms with E-state index >= 15 is 0 Å². The molecule has 0 amide bonds. The third kappa shape index (κ3) is 5.75. The van der Waals surface area contributed by atoms with Crippen LogP contribution < -0.4 is 14.9 Å². The number of ether oxygens (including phenoxy) is 2. The second-order valence-electron chi connectivity index (χ2n) is 10.1. The van der Waals surface area contributed by atoms with Crippen LogP contribution in [0.1, 0.15) is 52.7 Å². The van der Waals surface area contributed by atoms with E-state index in [2.05, 4.69) is 41.5 Å². The Morgan fingerprint density at radius 2 is 1.40 bits per heavy atom. The average Bonchev–Trinajstić information content (AvgIpc) is 2.82. The van der Waals surface area contributed by atoms with Gasteiger partial charge in [0.05, 0.1) is 19.1 Å². The van der Waals surface area contributed by atoms with Gasteiger partial charge in [-0.2, -0.15) is 0 Å². The molecule has 35 heavy (non-hydrogen) atoms. The zero-order valence-corrected chi connectivity index (χ0v) is 23.0. The molecular formula is C28H39BO5Si. The quantitative estimate of drug-likeness (QED) is 0.330. The highest BCUT2D eigenvalue weighted by Crippen LogP contribution is 2.43. The van der Waals surface area contributed by atoms with Crippen LogP contribution >= 0.6 is 0 Å². The van der Waals surface area contributed by atoms with Gasteiger partial charge in [-0.1, -0.05) is 77.9 Å². The van der Waals surface area contributed by atoms with Crippen molar-refractivity contribution in [1.82, 2.24) is 0 Å². The molecule has 0 fully saturated rings. The summed E-state index contributed by atoms with van der Waals surface area (Å²) in [4.78, 5) is 0. The van der Waals surface area contributed by atoms with Gasteiger partial charge in [0, 0.05) is 0 Å². The first-order chi connectivity index (χ1) is 16.6. The Balaban J connectivity index is 2.04. The fourth-order valence-corrected chi connectivity index (χ4v) is 10.9. The van der Waals surface area contributed by atoms with E-state index in [9.17, 15) is 10.0 Å². The molecule has 0 unspecified atom stereocenters. The highest BCUT2D eigenvalue weighted by Gasteiger charge is 2.45. The molecule has 2 N–H and O–H groups in total. The zero-order valence-electron chi connectivity index (χ0n) is 22.0. The van der Waals surface area contributed by atoms with E-state index in [1.54, 1.807) is 19.2 Å². The predicted octanol–water partition coefficient (Wildman–Crippen LogP) is 5.80. The van der Waals surface area contributed by atoms with E-state index < -0.39 is 15.4 Å². The summed E-state index contributed by atoms with van der Waals surface area (Å²) < 4.78 is 18.8. The molecule has 3 rings (SSSR count). The molecule has 0 aliphatic heterocycles. The average molecular weight is 495 g/mol. The van der Waals surface area contributed by atoms with E-state index in [-0.39, 0.29) is 0 Å². The SMILES string of the molecule is COc1cc(CO[Si](C(C)C)(C(C)C)C(C)C)cc2c(B(O)O)ccc(OCc3ccccc3)c12. The molecule has 0 aliphatic rings. The van der Waals surface area contributed by atoms with Gasteiger partial charge in [0.15, 0.2) is 0 Å². The summed E-state index contributed by atoms with van der Waals surface area (Å²) >= 11 is 0. The highest BCUT2D eigenvalue weighted by molar-refractivity contribution is 6.77. The molecule has 0 saturated heterocycles. The molecular weight excluding hydrogens is 455 g/mol. The Hall–Kier alpha value is -2.32. The number of fused-ring (bicyclic) bond motifs is 1. The Morgan fingerprint density at radius 3 is 1.94 bits per heavy atom. The fourth-order valence-electron chi connectivity index (χ4n) is 5.53. The lowest BCUT2D eigenvalue weighted by Gasteiger charge is -2.42. The van der Waals surface area contributed by atoms with Gasteiger partial charge in [-0.05, 0) is 56.8 Å². The summed E-state index contributed by atoms with van der Waals surface area (Å²) in [5.41, 5.74) is 3.81. The van der Waals surface area contributed by atoms with Crippen LogP contribution in [0.25, 0.3) is 10.8 Å². The van der Waals surface area contributed by atoms with Crippen molar-refractivity contribution in [3.05, 3.63) is 65.7 Å². The molecule has 0 aromatic heterocycles. The molecule has 0 heterocycles. The van der Waals surface area contributed by atoms with Crippen molar-refractivity contribution in [2.75, 3.05) is 7.11 Å². The van der Waals surface area contributed by atoms with Crippen LogP contribution in [0, 0.1) is 0 Å². The van der Waals surface area contributed by atoms with Crippen molar-refractivity contribution in [1.29, 1.82) is 0 Å². The molecule has 0 atom stereocenters. The Kier molecular flexibility index (Phi) is 9.05. The monoisotopic (exact) mass is 494 g/mol. The van der Waals surface area contributed by atoms with Crippen LogP contribution in [-0.4, -0.2) is 32.6 Å². The zero-order chi connectivity index (χ0) is 25.8. The smallest absolute Gasteiger partial charge is 0.489 e. The van der Waals surface area contributed by atoms with Crippen molar-refractivity contribution in [2.24, 2.45) is 0 Å². The largest absolute Gasteiger partial charge is 0.496 e. The molecule has 3 aromatic carbocycles. The van der Waals surface area contributed by atoms with Crippen LogP contribution in [0.5, 0.6) is 11.5 Å². The fraction of sp³-hybridized carbons (Fsp3) is 0.429. The van der Waals surface area contributed by atoms with Crippen LogP contribution in [0.3, 0.4) is 0 Å². The highest BCUT2D eigenvalue weighted by atomic mass is 28.4. The van der Waals surface area contributed by atoms with Gasteiger partial charge in [0.25, 0.3) is 0 Å². The van der Waals surface area contributed by atoms with E-state index in [1.165, 1.54) is 0 Å². The Morgan fingerprint density at radius 1 is 0.771 bits per heavy atom. The van der Waals surface area contributed by atoms with Crippen molar-refractivity contribution < 1.29 is 23.9 Å². The van der Waals surface area contributed by atoms with E-state index in [0.29, 0.717) is 52.2 Å². The standard InChI is InChI=1S/C28H39BO5Si/c1-19(2)35(20(3)4,21(5)6)34-18-23-15-24-25(29(30)31)13-14-26(28(24)27(16-23)32-7)33-17-22-11-9-8-10-12-22/h8-16,19-21,30-31H,17-18H2,1-7H3. The number of hydrogen-bond acceptors (Lipinski definition) is 5. The lowest BCUT2D eigenvalue weighted by molar-refractivity contribution is 0.265. The van der Waals surface area contributed by atoms with Crippen molar-refractivity contribution in [3.63, 3.8) is 0 Å². The van der Waals surface area contributed by atoms with Gasteiger partial charge in [-0.25, -0.2) is 0 Å². The molecule has 0 radical (unpaired) electrons. The van der Waals surface area contributed by atoms with Crippen LogP contribution in [-0.2, 0) is 17.6 Å². The summed E-state index contributed by atoms with van der Waals surface area (Å²) in [5, 5.41) is 21.6. The maximum absolute atomic E-state index is 10.1. The normalized spacial score (nSPS) is 12.1. The summed E-state index contributed by atoms with van der Waals surface area (Å²) in [6.45, 7) is 14.5. The lowest BCUT2D eigenvalue weighted by atomic mass is 9.76. The van der Waals surface area contributed by atoms with Crippen LogP contribution in [0.4, 0.5) is 0 Å². The predicted molar refractivity (Wildman–Crippen MR) is 147 cm³/mol. The summed E-state index contributed by atoms with van der Waals surface area (Å²) in [6, 6.07) is 17.4. The minimum Gasteiger partial charge on any atom is -0.496 e. The number of hydrogen-bond donors (Lipinski definition) is 2. The second kappa shape index (κ2) is 11.6. The maximum Gasteiger partial charge on any atom is 0.489 e. The summed E-state index contributed by atoms with van der Waals surface area (Å²) in [7, 11) is -2.06. The Bertz CT molecular complexity index is 1090. The van der Waals surface area contributed by atoms with Crippen molar-refractivity contribution >= 4 is 31.7 Å². The molecule has 5 nitrogen and oxygen atoms in total. The van der Waals surface area contributed by atoms with Gasteiger partial charge in [-0.15, -0.1) is 0 Å². The number of benzene rings is 3. The first-order valence-electron chi connectivity index (χ1n) is 12.4. The third-order valence-corrected chi connectivity index (χ3v) is 13.1. The van der Waals surface area contributed by atoms with Gasteiger partial charge >= 0.3 is 7.12 Å². The molecule has 7 heteroatoms. The minimum absolute atomic E-state index is 0.399. The van der Waals surface area contributed by atoms with Gasteiger partial charge < -0.3 is 23.9 Å². The Labute approximate surface area is 211 Å². The van der Waals surface area contributed by atoms with Crippen molar-refractivity contribution in [3.8, 4) is 11.5 Å². The second-order valence-corrected chi connectivity index (χ2v) is 15.6. The molecule has 0 aliphatic carbocycles. The molecule has 188 valence electrons. The number of methoxy groups -OCH3 is 1. The van der Waals surface area contributed by atoms with E-state index in [1.807, 2.05) is 42.5 Å². The molecule has 0 bridgehead atoms. The van der Waals surface area contributed by atoms with Crippen LogP contribution in [0.2, 0.25) is 16.6 Å². The first-order valence-corrected chi connectivity index (χ1v) is 14.6. The molecule has 0 saturated carbocycles. The lowest BCUT2D eigenvalue weighted by Crippen LogP contribution is -2.47.